The van der Waals surface area contributed by atoms with Crippen LogP contribution in [-0.4, -0.2) is 39.0 Å². The van der Waals surface area contributed by atoms with Crippen molar-refractivity contribution < 1.29 is 15.0 Å². The molecule has 3 N–H and O–H groups in total. The summed E-state index contributed by atoms with van der Waals surface area (Å²) in [5, 5.41) is 28.1. The molecule has 0 fully saturated rings. The Morgan fingerprint density at radius 1 is 1.50 bits per heavy atom. The van der Waals surface area contributed by atoms with Crippen molar-refractivity contribution in [3.8, 4) is 0 Å². The quantitative estimate of drug-likeness (QED) is 0.661. The van der Waals surface area contributed by atoms with Crippen molar-refractivity contribution >= 4 is 11.8 Å². The van der Waals surface area contributed by atoms with Crippen molar-refractivity contribution in [1.82, 2.24) is 10.2 Å². The van der Waals surface area contributed by atoms with E-state index in [-0.39, 0.29) is 11.8 Å². The maximum atomic E-state index is 10.5. The highest BCUT2D eigenvalue weighted by Crippen LogP contribution is 2.03. The minimum atomic E-state index is -1.10. The van der Waals surface area contributed by atoms with E-state index in [2.05, 4.69) is 15.5 Å². The maximum absolute atomic E-state index is 10.5. The van der Waals surface area contributed by atoms with Gasteiger partial charge in [-0.05, 0) is 25.0 Å². The van der Waals surface area contributed by atoms with Crippen LogP contribution in [0.4, 0.5) is 5.82 Å². The lowest BCUT2D eigenvalue weighted by molar-refractivity contribution is 0.0689. The van der Waals surface area contributed by atoms with E-state index in [1.807, 2.05) is 6.92 Å². The van der Waals surface area contributed by atoms with E-state index in [1.54, 1.807) is 6.07 Å². The first-order valence-corrected chi connectivity index (χ1v) is 5.12. The summed E-state index contributed by atoms with van der Waals surface area (Å²) in [5.41, 5.74) is -0.0841. The van der Waals surface area contributed by atoms with Gasteiger partial charge in [0.2, 0.25) is 0 Å². The number of aliphatic hydroxyl groups is 1. The van der Waals surface area contributed by atoms with Gasteiger partial charge >= 0.3 is 5.97 Å². The number of hydrogen-bond acceptors (Lipinski definition) is 5. The van der Waals surface area contributed by atoms with Gasteiger partial charge in [-0.25, -0.2) is 4.79 Å². The SMILES string of the molecule is CCC(O)CCNc1ccc(C(=O)O)nn1. The molecule has 6 heteroatoms. The van der Waals surface area contributed by atoms with Crippen LogP contribution in [0.25, 0.3) is 0 Å². The Morgan fingerprint density at radius 3 is 2.75 bits per heavy atom. The molecule has 0 radical (unpaired) electrons. The third kappa shape index (κ3) is 3.82. The summed E-state index contributed by atoms with van der Waals surface area (Å²) >= 11 is 0. The zero-order valence-corrected chi connectivity index (χ0v) is 9.05. The number of hydrogen-bond donors (Lipinski definition) is 3. The molecule has 0 aromatic carbocycles. The Morgan fingerprint density at radius 2 is 2.25 bits per heavy atom. The Balaban J connectivity index is 2.40. The van der Waals surface area contributed by atoms with Gasteiger partial charge in [0.25, 0.3) is 0 Å². The molecule has 1 aromatic rings. The van der Waals surface area contributed by atoms with Crippen molar-refractivity contribution in [2.45, 2.75) is 25.9 Å². The van der Waals surface area contributed by atoms with Gasteiger partial charge in [-0.1, -0.05) is 6.92 Å². The Labute approximate surface area is 93.3 Å². The van der Waals surface area contributed by atoms with E-state index in [1.165, 1.54) is 6.07 Å². The molecule has 1 unspecified atom stereocenters. The number of nitrogens with zero attached hydrogens (tertiary/aromatic N) is 2. The number of carbonyl (C=O) groups is 1. The molecule has 0 saturated carbocycles. The first kappa shape index (κ1) is 12.4. The largest absolute Gasteiger partial charge is 0.476 e. The van der Waals surface area contributed by atoms with Gasteiger partial charge in [0.05, 0.1) is 6.10 Å². The Bertz CT molecular complexity index is 340. The number of aromatic carboxylic acids is 1. The zero-order chi connectivity index (χ0) is 12.0. The van der Waals surface area contributed by atoms with Gasteiger partial charge in [-0.2, -0.15) is 0 Å². The Kier molecular flexibility index (Phi) is 4.65. The predicted octanol–water partition coefficient (Wildman–Crippen LogP) is 0.748. The molecule has 0 aliphatic carbocycles. The fourth-order valence-electron chi connectivity index (χ4n) is 1.11. The fraction of sp³-hybridized carbons (Fsp3) is 0.500. The monoisotopic (exact) mass is 225 g/mol. The first-order chi connectivity index (χ1) is 7.63. The molecule has 0 saturated heterocycles. The van der Waals surface area contributed by atoms with E-state index >= 15 is 0 Å². The van der Waals surface area contributed by atoms with Gasteiger partial charge < -0.3 is 15.5 Å². The molecule has 0 amide bonds. The predicted molar refractivity (Wildman–Crippen MR) is 58.4 cm³/mol. The fourth-order valence-corrected chi connectivity index (χ4v) is 1.11. The van der Waals surface area contributed by atoms with Crippen LogP contribution in [0.15, 0.2) is 12.1 Å². The van der Waals surface area contributed by atoms with Crippen molar-refractivity contribution in [3.05, 3.63) is 17.8 Å². The van der Waals surface area contributed by atoms with Gasteiger partial charge in [0.1, 0.15) is 5.82 Å². The molecule has 88 valence electrons. The topological polar surface area (TPSA) is 95.3 Å². The molecular weight excluding hydrogens is 210 g/mol. The van der Waals surface area contributed by atoms with Gasteiger partial charge in [0, 0.05) is 6.54 Å². The number of rotatable bonds is 6. The summed E-state index contributed by atoms with van der Waals surface area (Å²) in [6, 6.07) is 2.93. The molecule has 0 aliphatic heterocycles. The second kappa shape index (κ2) is 6.02. The molecule has 6 nitrogen and oxygen atoms in total. The molecule has 1 heterocycles. The molecule has 0 spiro atoms. The summed E-state index contributed by atoms with van der Waals surface area (Å²) in [7, 11) is 0. The lowest BCUT2D eigenvalue weighted by atomic mass is 10.2. The van der Waals surface area contributed by atoms with Crippen LogP contribution in [0.3, 0.4) is 0 Å². The average Bonchev–Trinajstić information content (AvgIpc) is 2.29. The lowest BCUT2D eigenvalue weighted by Crippen LogP contribution is -2.13. The van der Waals surface area contributed by atoms with Crippen LogP contribution in [-0.2, 0) is 0 Å². The third-order valence-electron chi connectivity index (χ3n) is 2.14. The highest BCUT2D eigenvalue weighted by Gasteiger charge is 2.05. The number of carboxylic acids is 1. The number of aromatic nitrogens is 2. The second-order valence-corrected chi connectivity index (χ2v) is 3.39. The van der Waals surface area contributed by atoms with E-state index in [4.69, 9.17) is 5.11 Å². The van der Waals surface area contributed by atoms with Crippen molar-refractivity contribution in [2.24, 2.45) is 0 Å². The number of nitrogens with one attached hydrogen (secondary N) is 1. The summed E-state index contributed by atoms with van der Waals surface area (Å²) in [4.78, 5) is 10.5. The smallest absolute Gasteiger partial charge is 0.356 e. The molecular formula is C10H15N3O3. The molecule has 1 rings (SSSR count). The molecule has 0 bridgehead atoms. The molecule has 1 aromatic heterocycles. The lowest BCUT2D eigenvalue weighted by Gasteiger charge is -2.08. The number of carboxylic acid groups (broad SMARTS) is 1. The second-order valence-electron chi connectivity index (χ2n) is 3.39. The summed E-state index contributed by atoms with van der Waals surface area (Å²) in [5.74, 6) is -0.589. The minimum absolute atomic E-state index is 0.0841. The van der Waals surface area contributed by atoms with E-state index in [0.29, 0.717) is 25.2 Å². The highest BCUT2D eigenvalue weighted by molar-refractivity contribution is 5.85. The van der Waals surface area contributed by atoms with Crippen LogP contribution < -0.4 is 5.32 Å². The van der Waals surface area contributed by atoms with Crippen LogP contribution in [0.1, 0.15) is 30.3 Å². The highest BCUT2D eigenvalue weighted by atomic mass is 16.4. The molecule has 16 heavy (non-hydrogen) atoms. The van der Waals surface area contributed by atoms with E-state index in [9.17, 15) is 9.90 Å². The minimum Gasteiger partial charge on any atom is -0.476 e. The molecule has 0 aliphatic rings. The normalized spacial score (nSPS) is 12.1. The van der Waals surface area contributed by atoms with Gasteiger partial charge in [0.15, 0.2) is 5.69 Å². The first-order valence-electron chi connectivity index (χ1n) is 5.12. The van der Waals surface area contributed by atoms with Crippen molar-refractivity contribution in [1.29, 1.82) is 0 Å². The Hall–Kier alpha value is -1.69. The standard InChI is InChI=1S/C10H15N3O3/c1-2-7(14)5-6-11-9-4-3-8(10(15)16)12-13-9/h3-4,7,14H,2,5-6H2,1H3,(H,11,13)(H,15,16). The third-order valence-corrected chi connectivity index (χ3v) is 2.14. The molecule has 1 atom stereocenters. The van der Waals surface area contributed by atoms with Crippen LogP contribution >= 0.6 is 0 Å². The van der Waals surface area contributed by atoms with Crippen LogP contribution in [0, 0.1) is 0 Å². The van der Waals surface area contributed by atoms with Crippen LogP contribution in [0.5, 0.6) is 0 Å². The number of aliphatic hydroxyl groups excluding tert-OH is 1. The maximum Gasteiger partial charge on any atom is 0.356 e. The van der Waals surface area contributed by atoms with E-state index < -0.39 is 5.97 Å². The summed E-state index contributed by atoms with van der Waals surface area (Å²) in [6.07, 6.45) is 1.02. The van der Waals surface area contributed by atoms with E-state index in [0.717, 1.165) is 0 Å². The zero-order valence-electron chi connectivity index (χ0n) is 9.05. The van der Waals surface area contributed by atoms with Crippen LogP contribution in [0.2, 0.25) is 0 Å². The average molecular weight is 225 g/mol. The van der Waals surface area contributed by atoms with Gasteiger partial charge in [-0.3, -0.25) is 0 Å². The van der Waals surface area contributed by atoms with Crippen molar-refractivity contribution in [3.63, 3.8) is 0 Å². The van der Waals surface area contributed by atoms with Crippen molar-refractivity contribution in [2.75, 3.05) is 11.9 Å². The number of anilines is 1. The summed E-state index contributed by atoms with van der Waals surface area (Å²) in [6.45, 7) is 2.49. The van der Waals surface area contributed by atoms with Gasteiger partial charge in [-0.15, -0.1) is 10.2 Å². The summed E-state index contributed by atoms with van der Waals surface area (Å²) < 4.78 is 0.